The molecule has 1 nitrogen and oxygen atoms in total. The molecule has 4 aromatic carbocycles. The minimum Gasteiger partial charge on any atom is -0.489 e. The van der Waals surface area contributed by atoms with Crippen molar-refractivity contribution in [1.82, 2.24) is 0 Å². The molecule has 0 fully saturated rings. The fourth-order valence-corrected chi connectivity index (χ4v) is 4.28. The van der Waals surface area contributed by atoms with E-state index in [0.717, 1.165) is 43.2 Å². The lowest BCUT2D eigenvalue weighted by Crippen LogP contribution is -2.02. The maximum Gasteiger partial charge on any atom is 0.167 e. The Balaban J connectivity index is 1.43. The van der Waals surface area contributed by atoms with Crippen molar-refractivity contribution in [3.05, 3.63) is 113 Å². The van der Waals surface area contributed by atoms with E-state index in [1.807, 2.05) is 30.3 Å². The second kappa shape index (κ2) is 11.9. The van der Waals surface area contributed by atoms with E-state index in [-0.39, 0.29) is 23.6 Å². The largest absolute Gasteiger partial charge is 0.489 e. The van der Waals surface area contributed by atoms with E-state index in [4.69, 9.17) is 4.74 Å². The molecule has 0 saturated carbocycles. The second-order valence-corrected chi connectivity index (χ2v) is 9.08. The Labute approximate surface area is 211 Å². The molecule has 0 bridgehead atoms. The first-order valence-electron chi connectivity index (χ1n) is 12.6. The highest BCUT2D eigenvalue weighted by Gasteiger charge is 2.15. The molecule has 4 heteroatoms. The van der Waals surface area contributed by atoms with E-state index in [0.29, 0.717) is 16.9 Å². The van der Waals surface area contributed by atoms with Gasteiger partial charge < -0.3 is 4.74 Å². The van der Waals surface area contributed by atoms with Gasteiger partial charge in [-0.05, 0) is 59.7 Å². The Morgan fingerprint density at radius 1 is 0.611 bits per heavy atom. The highest BCUT2D eigenvalue weighted by Crippen LogP contribution is 2.29. The molecule has 0 atom stereocenters. The highest BCUT2D eigenvalue weighted by molar-refractivity contribution is 5.66. The molecule has 0 radical (unpaired) electrons. The molecular formula is C32H31F3O. The molecular weight excluding hydrogens is 457 g/mol. The number of hydrogen-bond acceptors (Lipinski definition) is 1. The quantitative estimate of drug-likeness (QED) is 0.216. The second-order valence-electron chi connectivity index (χ2n) is 9.08. The van der Waals surface area contributed by atoms with E-state index >= 15 is 0 Å². The first-order valence-corrected chi connectivity index (χ1v) is 12.6. The third kappa shape index (κ3) is 5.99. The summed E-state index contributed by atoms with van der Waals surface area (Å²) in [5, 5.41) is 0. The number of hydrogen-bond donors (Lipinski definition) is 0. The van der Waals surface area contributed by atoms with Crippen LogP contribution in [0.1, 0.15) is 49.8 Å². The Morgan fingerprint density at radius 2 is 1.25 bits per heavy atom. The molecule has 0 spiro atoms. The normalized spacial score (nSPS) is 11.0. The topological polar surface area (TPSA) is 9.23 Å². The molecule has 0 saturated heterocycles. The van der Waals surface area contributed by atoms with Crippen LogP contribution in [0.3, 0.4) is 0 Å². The van der Waals surface area contributed by atoms with Crippen molar-refractivity contribution in [3.63, 3.8) is 0 Å². The molecule has 0 unspecified atom stereocenters. The van der Waals surface area contributed by atoms with Crippen molar-refractivity contribution < 1.29 is 17.9 Å². The number of ether oxygens (including phenoxy) is 1. The molecule has 4 aromatic rings. The van der Waals surface area contributed by atoms with E-state index in [1.54, 1.807) is 48.5 Å². The summed E-state index contributed by atoms with van der Waals surface area (Å²) in [6, 6.07) is 23.0. The maximum absolute atomic E-state index is 14.8. The number of unbranched alkanes of at least 4 members (excludes halogenated alkanes) is 1. The lowest BCUT2D eigenvalue weighted by Gasteiger charge is -2.12. The number of benzene rings is 4. The monoisotopic (exact) mass is 488 g/mol. The van der Waals surface area contributed by atoms with Gasteiger partial charge in [0, 0.05) is 16.7 Å². The van der Waals surface area contributed by atoms with Crippen LogP contribution in [0.25, 0.3) is 22.3 Å². The zero-order chi connectivity index (χ0) is 25.5. The summed E-state index contributed by atoms with van der Waals surface area (Å²) in [6.45, 7) is 4.10. The minimum absolute atomic E-state index is 0.113. The summed E-state index contributed by atoms with van der Waals surface area (Å²) >= 11 is 0. The number of aryl methyl sites for hydroxylation is 2. The van der Waals surface area contributed by atoms with Gasteiger partial charge in [0.1, 0.15) is 18.2 Å². The Hall–Kier alpha value is -3.53. The molecule has 0 aliphatic heterocycles. The lowest BCUT2D eigenvalue weighted by atomic mass is 10.00. The summed E-state index contributed by atoms with van der Waals surface area (Å²) in [7, 11) is 0. The Morgan fingerprint density at radius 3 is 1.92 bits per heavy atom. The van der Waals surface area contributed by atoms with Crippen molar-refractivity contribution in [2.24, 2.45) is 0 Å². The first kappa shape index (κ1) is 25.6. The molecule has 0 aliphatic carbocycles. The molecule has 0 N–H and O–H groups in total. The van der Waals surface area contributed by atoms with E-state index in [9.17, 15) is 13.2 Å². The molecule has 4 rings (SSSR count). The maximum atomic E-state index is 14.8. The number of rotatable bonds is 10. The minimum atomic E-state index is -0.910. The van der Waals surface area contributed by atoms with Crippen LogP contribution in [0.5, 0.6) is 5.75 Å². The molecule has 36 heavy (non-hydrogen) atoms. The summed E-state index contributed by atoms with van der Waals surface area (Å²) < 4.78 is 49.9. The average molecular weight is 489 g/mol. The summed E-state index contributed by atoms with van der Waals surface area (Å²) in [5.41, 5.74) is 4.42. The van der Waals surface area contributed by atoms with Gasteiger partial charge in [-0.15, -0.1) is 0 Å². The van der Waals surface area contributed by atoms with Crippen molar-refractivity contribution in [2.75, 3.05) is 0 Å². The third-order valence-electron chi connectivity index (χ3n) is 6.38. The molecule has 0 heterocycles. The van der Waals surface area contributed by atoms with E-state index in [1.165, 1.54) is 5.56 Å². The van der Waals surface area contributed by atoms with Crippen molar-refractivity contribution >= 4 is 0 Å². The van der Waals surface area contributed by atoms with E-state index < -0.39 is 11.6 Å². The predicted molar refractivity (Wildman–Crippen MR) is 141 cm³/mol. The van der Waals surface area contributed by atoms with Gasteiger partial charge in [0.2, 0.25) is 0 Å². The molecule has 0 aromatic heterocycles. The fraction of sp³-hybridized carbons (Fsp3) is 0.250. The third-order valence-corrected chi connectivity index (χ3v) is 6.38. The first-order chi connectivity index (χ1) is 17.5. The van der Waals surface area contributed by atoms with E-state index in [2.05, 4.69) is 13.8 Å². The van der Waals surface area contributed by atoms with Crippen molar-refractivity contribution in [3.8, 4) is 28.0 Å². The van der Waals surface area contributed by atoms with Gasteiger partial charge in [0.15, 0.2) is 11.6 Å². The van der Waals surface area contributed by atoms with Crippen LogP contribution in [-0.2, 0) is 19.4 Å². The van der Waals surface area contributed by atoms with Crippen LogP contribution in [0.4, 0.5) is 13.2 Å². The standard InChI is InChI=1S/C32H31F3O/c1-3-5-7-23-10-18-28(30(33)20-23)24-13-16-27(17-14-24)36-21-26-15-19-29(32(35)31(26)34)25-11-8-22(6-4-2)9-12-25/h8-20H,3-7,21H2,1-2H3. The van der Waals surface area contributed by atoms with Gasteiger partial charge in [0.05, 0.1) is 0 Å². The summed E-state index contributed by atoms with van der Waals surface area (Å²) in [5.74, 6) is -1.55. The van der Waals surface area contributed by atoms with Gasteiger partial charge in [-0.1, -0.05) is 87.4 Å². The summed E-state index contributed by atoms with van der Waals surface area (Å²) in [6.07, 6.45) is 4.95. The lowest BCUT2D eigenvalue weighted by molar-refractivity contribution is 0.297. The van der Waals surface area contributed by atoms with Crippen molar-refractivity contribution in [1.29, 1.82) is 0 Å². The van der Waals surface area contributed by atoms with Crippen LogP contribution in [-0.4, -0.2) is 0 Å². The predicted octanol–water partition coefficient (Wildman–Crippen LogP) is 9.31. The highest BCUT2D eigenvalue weighted by atomic mass is 19.2. The summed E-state index contributed by atoms with van der Waals surface area (Å²) in [4.78, 5) is 0. The van der Waals surface area contributed by atoms with Crippen LogP contribution < -0.4 is 4.74 Å². The SMILES string of the molecule is CCCCc1ccc(-c2ccc(OCc3ccc(-c4ccc(CCC)cc4)c(F)c3F)cc2)c(F)c1. The zero-order valence-corrected chi connectivity index (χ0v) is 20.8. The van der Waals surface area contributed by atoms with Gasteiger partial charge >= 0.3 is 0 Å². The van der Waals surface area contributed by atoms with Crippen LogP contribution in [0.2, 0.25) is 0 Å². The van der Waals surface area contributed by atoms with Gasteiger partial charge in [-0.3, -0.25) is 0 Å². The smallest absolute Gasteiger partial charge is 0.167 e. The molecule has 0 aliphatic rings. The van der Waals surface area contributed by atoms with Crippen LogP contribution >= 0.6 is 0 Å². The Bertz CT molecular complexity index is 1290. The van der Waals surface area contributed by atoms with Gasteiger partial charge in [-0.2, -0.15) is 0 Å². The van der Waals surface area contributed by atoms with Crippen LogP contribution in [0, 0.1) is 17.5 Å². The van der Waals surface area contributed by atoms with Crippen molar-refractivity contribution in [2.45, 2.75) is 52.6 Å². The fourth-order valence-electron chi connectivity index (χ4n) is 4.28. The Kier molecular flexibility index (Phi) is 8.48. The average Bonchev–Trinajstić information content (AvgIpc) is 2.90. The van der Waals surface area contributed by atoms with Gasteiger partial charge in [0.25, 0.3) is 0 Å². The molecule has 0 amide bonds. The number of halogens is 3. The van der Waals surface area contributed by atoms with Crippen LogP contribution in [0.15, 0.2) is 78.9 Å². The van der Waals surface area contributed by atoms with Gasteiger partial charge in [-0.25, -0.2) is 13.2 Å². The zero-order valence-electron chi connectivity index (χ0n) is 20.8. The molecule has 186 valence electrons.